The van der Waals surface area contributed by atoms with Crippen molar-refractivity contribution in [2.75, 3.05) is 4.90 Å². The number of hydrogen-bond donors (Lipinski definition) is 1. The van der Waals surface area contributed by atoms with Crippen LogP contribution in [0.2, 0.25) is 5.02 Å². The van der Waals surface area contributed by atoms with Crippen molar-refractivity contribution in [1.82, 2.24) is 4.98 Å². The highest BCUT2D eigenvalue weighted by atomic mass is 79.9. The molecule has 4 rings (SSSR count). The Hall–Kier alpha value is -2.96. The summed E-state index contributed by atoms with van der Waals surface area (Å²) in [6.07, 6.45) is 3.10. The molecule has 1 atom stereocenters. The number of benzene rings is 2. The topological polar surface area (TPSA) is 70.5 Å². The molecule has 1 aliphatic heterocycles. The fourth-order valence-electron chi connectivity index (χ4n) is 3.32. The maximum Gasteiger partial charge on any atom is 0.300 e. The van der Waals surface area contributed by atoms with Gasteiger partial charge < -0.3 is 5.11 Å². The molecule has 1 fully saturated rings. The first kappa shape index (κ1) is 19.4. The summed E-state index contributed by atoms with van der Waals surface area (Å²) in [4.78, 5) is 31.3. The predicted molar refractivity (Wildman–Crippen MR) is 115 cm³/mol. The molecular weight excluding hydrogens is 456 g/mol. The highest BCUT2D eigenvalue weighted by Crippen LogP contribution is 2.42. The number of pyridine rings is 1. The fourth-order valence-corrected chi connectivity index (χ4v) is 3.71. The number of aromatic nitrogens is 1. The van der Waals surface area contributed by atoms with Gasteiger partial charge in [0.1, 0.15) is 5.76 Å². The van der Waals surface area contributed by atoms with Crippen molar-refractivity contribution in [1.29, 1.82) is 0 Å². The molecule has 29 heavy (non-hydrogen) atoms. The summed E-state index contributed by atoms with van der Waals surface area (Å²) >= 11 is 9.33. The number of nitrogens with zero attached hydrogens (tertiary/aromatic N) is 2. The van der Waals surface area contributed by atoms with E-state index in [-0.39, 0.29) is 11.3 Å². The molecule has 1 aromatic heterocycles. The van der Waals surface area contributed by atoms with Crippen LogP contribution in [0.1, 0.15) is 17.2 Å². The number of rotatable bonds is 3. The van der Waals surface area contributed by atoms with Gasteiger partial charge in [-0.2, -0.15) is 0 Å². The van der Waals surface area contributed by atoms with Gasteiger partial charge in [0.25, 0.3) is 11.7 Å². The number of carbonyl (C=O) groups excluding carboxylic acids is 2. The minimum atomic E-state index is -0.789. The highest BCUT2D eigenvalue weighted by molar-refractivity contribution is 9.10. The molecule has 0 radical (unpaired) electrons. The number of hydrogen-bond acceptors (Lipinski definition) is 4. The molecule has 1 saturated heterocycles. The molecule has 2 heterocycles. The van der Waals surface area contributed by atoms with Crippen LogP contribution < -0.4 is 4.90 Å². The second kappa shape index (κ2) is 7.81. The second-order valence-corrected chi connectivity index (χ2v) is 7.79. The monoisotopic (exact) mass is 468 g/mol. The number of amides is 1. The van der Waals surface area contributed by atoms with E-state index in [1.165, 1.54) is 11.1 Å². The van der Waals surface area contributed by atoms with E-state index in [1.807, 2.05) is 12.1 Å². The fraction of sp³-hybridized carbons (Fsp3) is 0.0455. The molecule has 0 aliphatic carbocycles. The summed E-state index contributed by atoms with van der Waals surface area (Å²) in [5, 5.41) is 11.5. The first-order chi connectivity index (χ1) is 14.0. The van der Waals surface area contributed by atoms with E-state index in [1.54, 1.807) is 54.7 Å². The van der Waals surface area contributed by atoms with Crippen molar-refractivity contribution in [2.45, 2.75) is 6.04 Å². The van der Waals surface area contributed by atoms with Crippen LogP contribution in [0.5, 0.6) is 0 Å². The lowest BCUT2D eigenvalue weighted by molar-refractivity contribution is -0.132. The molecule has 144 valence electrons. The van der Waals surface area contributed by atoms with Crippen molar-refractivity contribution in [2.24, 2.45) is 0 Å². The molecule has 1 aliphatic rings. The summed E-state index contributed by atoms with van der Waals surface area (Å²) in [6.45, 7) is 0. The van der Waals surface area contributed by atoms with Crippen molar-refractivity contribution < 1.29 is 14.7 Å². The maximum atomic E-state index is 13.0. The van der Waals surface area contributed by atoms with Gasteiger partial charge in [-0.05, 0) is 54.1 Å². The van der Waals surface area contributed by atoms with Crippen LogP contribution in [0.25, 0.3) is 5.76 Å². The van der Waals surface area contributed by atoms with E-state index in [0.717, 1.165) is 4.47 Å². The van der Waals surface area contributed by atoms with Gasteiger partial charge in [-0.1, -0.05) is 39.7 Å². The number of aliphatic hydroxyl groups is 1. The zero-order valence-electron chi connectivity index (χ0n) is 14.9. The Morgan fingerprint density at radius 1 is 1.03 bits per heavy atom. The van der Waals surface area contributed by atoms with Crippen molar-refractivity contribution >= 4 is 50.7 Å². The van der Waals surface area contributed by atoms with E-state index in [4.69, 9.17) is 11.6 Å². The van der Waals surface area contributed by atoms with Gasteiger partial charge in [0.2, 0.25) is 0 Å². The summed E-state index contributed by atoms with van der Waals surface area (Å²) in [5.74, 6) is -1.73. The number of carbonyl (C=O) groups is 2. The Labute approximate surface area is 180 Å². The first-order valence-corrected chi connectivity index (χ1v) is 9.87. The molecule has 3 aromatic rings. The number of aliphatic hydroxyl groups excluding tert-OH is 1. The van der Waals surface area contributed by atoms with Crippen LogP contribution in [0.3, 0.4) is 0 Å². The molecule has 5 nitrogen and oxygen atoms in total. The normalized spacial score (nSPS) is 18.3. The average Bonchev–Trinajstić information content (AvgIpc) is 3.00. The zero-order chi connectivity index (χ0) is 20.5. The van der Waals surface area contributed by atoms with Crippen molar-refractivity contribution in [3.8, 4) is 0 Å². The molecule has 2 aromatic carbocycles. The summed E-state index contributed by atoms with van der Waals surface area (Å²) < 4.78 is 0.859. The minimum absolute atomic E-state index is 0.0171. The van der Waals surface area contributed by atoms with Gasteiger partial charge >= 0.3 is 0 Å². The lowest BCUT2D eigenvalue weighted by Crippen LogP contribution is -2.29. The van der Waals surface area contributed by atoms with Gasteiger partial charge in [0, 0.05) is 21.3 Å². The minimum Gasteiger partial charge on any atom is -0.507 e. The van der Waals surface area contributed by atoms with Gasteiger partial charge in [0.05, 0.1) is 23.5 Å². The number of ketones is 1. The Balaban J connectivity index is 1.94. The first-order valence-electron chi connectivity index (χ1n) is 8.70. The standard InChI is InChI=1S/C22H14BrClN2O3/c23-15-7-3-13(4-8-15)19-18(20(27)14-5-9-16(24)10-6-14)21(28)22(29)26(19)17-2-1-11-25-12-17/h1-12,19,27H/b20-18-. The van der Waals surface area contributed by atoms with Crippen LogP contribution >= 0.6 is 27.5 Å². The summed E-state index contributed by atoms with van der Waals surface area (Å²) in [5.41, 5.74) is 1.58. The Kier molecular flexibility index (Phi) is 5.22. The molecule has 7 heteroatoms. The van der Waals surface area contributed by atoms with Crippen molar-refractivity contribution in [3.05, 3.63) is 99.3 Å². The molecule has 0 bridgehead atoms. The smallest absolute Gasteiger partial charge is 0.300 e. The van der Waals surface area contributed by atoms with Gasteiger partial charge in [-0.3, -0.25) is 19.5 Å². The molecule has 1 N–H and O–H groups in total. The predicted octanol–water partition coefficient (Wildman–Crippen LogP) is 5.12. The molecular formula is C22H14BrClN2O3. The van der Waals surface area contributed by atoms with Crippen molar-refractivity contribution in [3.63, 3.8) is 0 Å². The zero-order valence-corrected chi connectivity index (χ0v) is 17.3. The third kappa shape index (κ3) is 3.57. The lowest BCUT2D eigenvalue weighted by atomic mass is 9.95. The van der Waals surface area contributed by atoms with Crippen LogP contribution in [-0.2, 0) is 9.59 Å². The quantitative estimate of drug-likeness (QED) is 0.328. The number of anilines is 1. The van der Waals surface area contributed by atoms with Gasteiger partial charge in [-0.15, -0.1) is 0 Å². The SMILES string of the molecule is O=C1C(=O)N(c2cccnc2)C(c2ccc(Br)cc2)/C1=C(/O)c1ccc(Cl)cc1. The lowest BCUT2D eigenvalue weighted by Gasteiger charge is -2.25. The summed E-state index contributed by atoms with van der Waals surface area (Å²) in [7, 11) is 0. The van der Waals surface area contributed by atoms with Crippen LogP contribution in [0.4, 0.5) is 5.69 Å². The second-order valence-electron chi connectivity index (χ2n) is 6.44. The van der Waals surface area contributed by atoms with Crippen LogP contribution in [0.15, 0.2) is 83.1 Å². The average molecular weight is 470 g/mol. The Bertz CT molecular complexity index is 1110. The summed E-state index contributed by atoms with van der Waals surface area (Å²) in [6, 6.07) is 16.3. The van der Waals surface area contributed by atoms with E-state index in [0.29, 0.717) is 21.8 Å². The van der Waals surface area contributed by atoms with Gasteiger partial charge in [0.15, 0.2) is 0 Å². The van der Waals surface area contributed by atoms with Crippen LogP contribution in [-0.4, -0.2) is 21.8 Å². The van der Waals surface area contributed by atoms with Gasteiger partial charge in [-0.25, -0.2) is 0 Å². The maximum absolute atomic E-state index is 13.0. The van der Waals surface area contributed by atoms with E-state index in [2.05, 4.69) is 20.9 Å². The molecule has 0 saturated carbocycles. The van der Waals surface area contributed by atoms with E-state index in [9.17, 15) is 14.7 Å². The molecule has 1 unspecified atom stereocenters. The van der Waals surface area contributed by atoms with Crippen LogP contribution in [0, 0.1) is 0 Å². The Morgan fingerprint density at radius 3 is 2.34 bits per heavy atom. The molecule has 0 spiro atoms. The Morgan fingerprint density at radius 2 is 1.72 bits per heavy atom. The number of halogens is 2. The third-order valence-electron chi connectivity index (χ3n) is 4.67. The third-order valence-corrected chi connectivity index (χ3v) is 5.45. The van der Waals surface area contributed by atoms with E-state index >= 15 is 0 Å². The number of Topliss-reactive ketones (excluding diaryl/α,β-unsaturated/α-hetero) is 1. The highest BCUT2D eigenvalue weighted by Gasteiger charge is 2.47. The largest absolute Gasteiger partial charge is 0.507 e. The molecule has 1 amide bonds. The van der Waals surface area contributed by atoms with E-state index < -0.39 is 17.7 Å².